The second-order valence-electron chi connectivity index (χ2n) is 5.15. The number of fused-ring (bicyclic) bond motifs is 1. The van der Waals surface area contributed by atoms with Crippen LogP contribution in [-0.4, -0.2) is 25.1 Å². The summed E-state index contributed by atoms with van der Waals surface area (Å²) in [6, 6.07) is 5.49. The van der Waals surface area contributed by atoms with Crippen molar-refractivity contribution in [1.29, 1.82) is 0 Å². The van der Waals surface area contributed by atoms with Crippen molar-refractivity contribution in [2.75, 3.05) is 7.11 Å². The van der Waals surface area contributed by atoms with Crippen LogP contribution in [0.4, 0.5) is 39.5 Å². The first-order valence-electron chi connectivity index (χ1n) is 6.54. The number of benzene rings is 2. The zero-order chi connectivity index (χ0) is 19.3. The van der Waals surface area contributed by atoms with Gasteiger partial charge in [-0.25, -0.2) is 0 Å². The summed E-state index contributed by atoms with van der Waals surface area (Å²) in [5.41, 5.74) is -1.67. The first kappa shape index (κ1) is 19.2. The first-order chi connectivity index (χ1) is 11.3. The molecule has 0 aliphatic carbocycles. The van der Waals surface area contributed by atoms with Gasteiger partial charge in [-0.05, 0) is 29.0 Å². The number of methoxy groups -OCH3 is 1. The molecule has 25 heavy (non-hydrogen) atoms. The van der Waals surface area contributed by atoms with Gasteiger partial charge in [0.1, 0.15) is 5.75 Å². The highest BCUT2D eigenvalue weighted by Gasteiger charge is 2.82. The maximum atomic E-state index is 13.9. The van der Waals surface area contributed by atoms with Crippen LogP contribution >= 0.6 is 0 Å². The van der Waals surface area contributed by atoms with Gasteiger partial charge in [-0.15, -0.1) is 0 Å². The summed E-state index contributed by atoms with van der Waals surface area (Å²) in [6.07, 6.45) is -6.84. The number of hydrogen-bond acceptors (Lipinski definition) is 1. The van der Waals surface area contributed by atoms with E-state index in [0.29, 0.717) is 17.9 Å². The summed E-state index contributed by atoms with van der Waals surface area (Å²) in [5, 5.41) is 0.175. The molecule has 0 spiro atoms. The molecule has 0 saturated heterocycles. The summed E-state index contributed by atoms with van der Waals surface area (Å²) in [5.74, 6) is -19.1. The largest absolute Gasteiger partial charge is 0.497 e. The van der Waals surface area contributed by atoms with Crippen LogP contribution in [0.5, 0.6) is 5.75 Å². The molecule has 0 saturated carbocycles. The van der Waals surface area contributed by atoms with Gasteiger partial charge < -0.3 is 4.74 Å². The minimum Gasteiger partial charge on any atom is -0.497 e. The van der Waals surface area contributed by atoms with E-state index in [0.717, 1.165) is 6.07 Å². The SMILES string of the molecule is COc1ccc2cc(C(F)(F)C(F)(F)C(F)(F)C(F)(F)F)ccc2c1. The maximum Gasteiger partial charge on any atom is 0.460 e. The number of hydrogen-bond donors (Lipinski definition) is 0. The minimum absolute atomic E-state index is 0.0656. The van der Waals surface area contributed by atoms with Crippen molar-refractivity contribution in [3.05, 3.63) is 42.0 Å². The average Bonchev–Trinajstić information content (AvgIpc) is 2.52. The van der Waals surface area contributed by atoms with Crippen molar-refractivity contribution in [1.82, 2.24) is 0 Å². The van der Waals surface area contributed by atoms with Crippen LogP contribution in [0, 0.1) is 0 Å². The third-order valence-electron chi connectivity index (χ3n) is 3.55. The number of alkyl halides is 9. The molecule has 0 aliphatic rings. The molecule has 2 rings (SSSR count). The van der Waals surface area contributed by atoms with Crippen LogP contribution in [0.3, 0.4) is 0 Å². The third kappa shape index (κ3) is 2.87. The molecule has 0 bridgehead atoms. The van der Waals surface area contributed by atoms with E-state index in [1.807, 2.05) is 0 Å². The van der Waals surface area contributed by atoms with Gasteiger partial charge in [0, 0.05) is 5.56 Å². The van der Waals surface area contributed by atoms with Gasteiger partial charge in [-0.2, -0.15) is 39.5 Å². The van der Waals surface area contributed by atoms with Crippen LogP contribution in [0.1, 0.15) is 5.56 Å². The molecule has 0 amide bonds. The quantitative estimate of drug-likeness (QED) is 0.616. The lowest BCUT2D eigenvalue weighted by Gasteiger charge is -2.33. The summed E-state index contributed by atoms with van der Waals surface area (Å²) < 4.78 is 122. The Bertz CT molecular complexity index is 780. The van der Waals surface area contributed by atoms with E-state index in [2.05, 4.69) is 0 Å². The van der Waals surface area contributed by atoms with Gasteiger partial charge in [0.25, 0.3) is 0 Å². The molecule has 0 fully saturated rings. The monoisotopic (exact) mass is 376 g/mol. The van der Waals surface area contributed by atoms with Gasteiger partial charge in [0.15, 0.2) is 0 Å². The van der Waals surface area contributed by atoms with Gasteiger partial charge >= 0.3 is 23.9 Å². The van der Waals surface area contributed by atoms with E-state index < -0.39 is 29.5 Å². The molecular weight excluding hydrogens is 367 g/mol. The molecule has 0 atom stereocenters. The first-order valence-corrected chi connectivity index (χ1v) is 6.54. The van der Waals surface area contributed by atoms with Crippen LogP contribution in [0.25, 0.3) is 10.8 Å². The van der Waals surface area contributed by atoms with Gasteiger partial charge in [0.2, 0.25) is 0 Å². The van der Waals surface area contributed by atoms with E-state index >= 15 is 0 Å². The predicted molar refractivity (Wildman–Crippen MR) is 70.3 cm³/mol. The molecule has 2 aromatic carbocycles. The summed E-state index contributed by atoms with van der Waals surface area (Å²) in [7, 11) is 1.31. The Balaban J connectivity index is 2.56. The fourth-order valence-corrected chi connectivity index (χ4v) is 2.10. The molecule has 0 radical (unpaired) electrons. The van der Waals surface area contributed by atoms with Crippen LogP contribution < -0.4 is 4.74 Å². The molecule has 0 unspecified atom stereocenters. The highest BCUT2D eigenvalue weighted by molar-refractivity contribution is 5.84. The van der Waals surface area contributed by atoms with E-state index in [9.17, 15) is 39.5 Å². The van der Waals surface area contributed by atoms with Crippen LogP contribution in [0.15, 0.2) is 36.4 Å². The molecule has 1 nitrogen and oxygen atoms in total. The standard InChI is InChI=1S/C15H9F9O/c1-25-11-5-3-8-6-10(4-2-9(8)7-11)12(16,17)13(18,19)14(20,21)15(22,23)24/h2-7H,1H3. The Hall–Kier alpha value is -2.13. The Morgan fingerprint density at radius 1 is 0.680 bits per heavy atom. The summed E-state index contributed by atoms with van der Waals surface area (Å²) >= 11 is 0. The normalized spacial score (nSPS) is 14.0. The van der Waals surface area contributed by atoms with Gasteiger partial charge in [-0.1, -0.05) is 18.2 Å². The molecule has 10 heteroatoms. The molecule has 0 aliphatic heterocycles. The lowest BCUT2D eigenvalue weighted by atomic mass is 9.95. The van der Waals surface area contributed by atoms with E-state index in [1.165, 1.54) is 25.3 Å². The van der Waals surface area contributed by atoms with Crippen molar-refractivity contribution in [2.45, 2.75) is 23.9 Å². The Morgan fingerprint density at radius 3 is 1.72 bits per heavy atom. The van der Waals surface area contributed by atoms with E-state index in [4.69, 9.17) is 4.74 Å². The van der Waals surface area contributed by atoms with Crippen molar-refractivity contribution in [2.24, 2.45) is 0 Å². The van der Waals surface area contributed by atoms with E-state index in [-0.39, 0.29) is 10.8 Å². The highest BCUT2D eigenvalue weighted by atomic mass is 19.4. The van der Waals surface area contributed by atoms with Crippen molar-refractivity contribution in [3.63, 3.8) is 0 Å². The molecule has 0 N–H and O–H groups in total. The third-order valence-corrected chi connectivity index (χ3v) is 3.55. The topological polar surface area (TPSA) is 9.23 Å². The predicted octanol–water partition coefficient (Wildman–Crippen LogP) is 5.77. The summed E-state index contributed by atoms with van der Waals surface area (Å²) in [6.45, 7) is 0. The van der Waals surface area contributed by atoms with E-state index in [1.54, 1.807) is 0 Å². The molecule has 0 heterocycles. The number of ether oxygens (including phenoxy) is 1. The van der Waals surface area contributed by atoms with Crippen molar-refractivity contribution >= 4 is 10.8 Å². The fraction of sp³-hybridized carbons (Fsp3) is 0.333. The molecule has 0 aromatic heterocycles. The second kappa shape index (κ2) is 5.70. The second-order valence-corrected chi connectivity index (χ2v) is 5.15. The zero-order valence-electron chi connectivity index (χ0n) is 12.3. The van der Waals surface area contributed by atoms with Gasteiger partial charge in [0.05, 0.1) is 7.11 Å². The number of halogens is 9. The molecular formula is C15H9F9O. The summed E-state index contributed by atoms with van der Waals surface area (Å²) in [4.78, 5) is 0. The van der Waals surface area contributed by atoms with Crippen LogP contribution in [-0.2, 0) is 5.92 Å². The fourth-order valence-electron chi connectivity index (χ4n) is 2.10. The lowest BCUT2D eigenvalue weighted by molar-refractivity contribution is -0.399. The van der Waals surface area contributed by atoms with Crippen molar-refractivity contribution in [3.8, 4) is 5.75 Å². The Morgan fingerprint density at radius 2 is 1.20 bits per heavy atom. The maximum absolute atomic E-state index is 13.9. The lowest BCUT2D eigenvalue weighted by Crippen LogP contribution is -2.59. The molecule has 2 aromatic rings. The average molecular weight is 376 g/mol. The Kier molecular flexibility index (Phi) is 4.38. The van der Waals surface area contributed by atoms with Crippen LogP contribution in [0.2, 0.25) is 0 Å². The Labute approximate surface area is 135 Å². The number of rotatable bonds is 4. The highest BCUT2D eigenvalue weighted by Crippen LogP contribution is 2.56. The van der Waals surface area contributed by atoms with Gasteiger partial charge in [-0.3, -0.25) is 0 Å². The van der Waals surface area contributed by atoms with Crippen molar-refractivity contribution < 1.29 is 44.3 Å². The minimum atomic E-state index is -6.92. The molecule has 138 valence electrons. The zero-order valence-corrected chi connectivity index (χ0v) is 12.3. The smallest absolute Gasteiger partial charge is 0.460 e.